The minimum Gasteiger partial charge on any atom is -0.352 e. The number of fused-ring (bicyclic) bond motifs is 1. The third-order valence-corrected chi connectivity index (χ3v) is 7.67. The second-order valence-corrected chi connectivity index (χ2v) is 9.64. The van der Waals surface area contributed by atoms with Crippen molar-refractivity contribution in [3.8, 4) is 0 Å². The average molecular weight is 378 g/mol. The smallest absolute Gasteiger partial charge is 0.193 e. The molecular weight excluding hydrogens is 346 g/mol. The molecule has 1 aromatic carbocycles. The van der Waals surface area contributed by atoms with Crippen LogP contribution >= 0.6 is 0 Å². The number of nitrogens with one attached hydrogen (secondary N) is 1. The molecule has 3 rings (SSSR count). The summed E-state index contributed by atoms with van der Waals surface area (Å²) in [5.74, 6) is 2.49. The molecule has 144 valence electrons. The first-order valence-corrected chi connectivity index (χ1v) is 11.4. The van der Waals surface area contributed by atoms with Gasteiger partial charge in [-0.05, 0) is 43.2 Å². The van der Waals surface area contributed by atoms with Crippen molar-refractivity contribution in [2.24, 2.45) is 16.8 Å². The van der Waals surface area contributed by atoms with E-state index >= 15 is 0 Å². The molecule has 2 fully saturated rings. The van der Waals surface area contributed by atoms with E-state index in [0.717, 1.165) is 37.3 Å². The standard InChI is InChI=1S/C20H31N3O2S/c1-3-18(15-26(24,25)19-11-5-4-6-12-19)22-20(21-2)23-13-16-9-7-8-10-17(16)14-23/h4-6,11-12,16-18H,3,7-10,13-15H2,1-2H3,(H,21,22). The predicted octanol–water partition coefficient (Wildman–Crippen LogP) is 2.94. The summed E-state index contributed by atoms with van der Waals surface area (Å²) in [7, 11) is -1.51. The zero-order valence-electron chi connectivity index (χ0n) is 15.9. The largest absolute Gasteiger partial charge is 0.352 e. The Morgan fingerprint density at radius 2 is 1.81 bits per heavy atom. The minimum absolute atomic E-state index is 0.0905. The fraction of sp³-hybridized carbons (Fsp3) is 0.650. The topological polar surface area (TPSA) is 61.8 Å². The molecule has 6 heteroatoms. The minimum atomic E-state index is -3.31. The number of likely N-dealkylation sites (tertiary alicyclic amines) is 1. The highest BCUT2D eigenvalue weighted by Crippen LogP contribution is 2.36. The summed E-state index contributed by atoms with van der Waals surface area (Å²) >= 11 is 0. The van der Waals surface area contributed by atoms with Crippen molar-refractivity contribution in [3.63, 3.8) is 0 Å². The summed E-state index contributed by atoms with van der Waals surface area (Å²) < 4.78 is 25.4. The predicted molar refractivity (Wildman–Crippen MR) is 106 cm³/mol. The van der Waals surface area contributed by atoms with Crippen LogP contribution < -0.4 is 5.32 Å². The van der Waals surface area contributed by atoms with Crippen molar-refractivity contribution in [2.45, 2.75) is 50.0 Å². The summed E-state index contributed by atoms with van der Waals surface area (Å²) in [4.78, 5) is 7.18. The van der Waals surface area contributed by atoms with E-state index in [1.165, 1.54) is 25.7 Å². The van der Waals surface area contributed by atoms with Crippen LogP contribution in [0.2, 0.25) is 0 Å². The maximum atomic E-state index is 12.7. The maximum absolute atomic E-state index is 12.7. The van der Waals surface area contributed by atoms with E-state index in [-0.39, 0.29) is 11.8 Å². The molecule has 1 heterocycles. The summed E-state index contributed by atoms with van der Waals surface area (Å²) in [5, 5.41) is 3.43. The van der Waals surface area contributed by atoms with Crippen LogP contribution in [0.15, 0.2) is 40.2 Å². The molecule has 3 unspecified atom stereocenters. The first-order chi connectivity index (χ1) is 12.5. The van der Waals surface area contributed by atoms with Gasteiger partial charge < -0.3 is 10.2 Å². The highest BCUT2D eigenvalue weighted by molar-refractivity contribution is 7.91. The molecule has 1 aromatic rings. The highest BCUT2D eigenvalue weighted by Gasteiger charge is 2.36. The van der Waals surface area contributed by atoms with Gasteiger partial charge in [0.2, 0.25) is 0 Å². The molecule has 0 spiro atoms. The maximum Gasteiger partial charge on any atom is 0.193 e. The zero-order chi connectivity index (χ0) is 18.6. The number of sulfone groups is 1. The van der Waals surface area contributed by atoms with Crippen molar-refractivity contribution < 1.29 is 8.42 Å². The van der Waals surface area contributed by atoms with Gasteiger partial charge in [-0.25, -0.2) is 8.42 Å². The van der Waals surface area contributed by atoms with Gasteiger partial charge in [-0.3, -0.25) is 4.99 Å². The van der Waals surface area contributed by atoms with Gasteiger partial charge in [0.1, 0.15) is 0 Å². The van der Waals surface area contributed by atoms with Crippen molar-refractivity contribution in [1.82, 2.24) is 10.2 Å². The van der Waals surface area contributed by atoms with E-state index in [1.807, 2.05) is 13.0 Å². The number of aliphatic imine (C=N–C) groups is 1. The summed E-state index contributed by atoms with van der Waals surface area (Å²) in [6.45, 7) is 4.12. The molecule has 0 amide bonds. The van der Waals surface area contributed by atoms with Gasteiger partial charge in [0.05, 0.1) is 10.6 Å². The molecule has 1 aliphatic carbocycles. The Morgan fingerprint density at radius 3 is 2.35 bits per heavy atom. The van der Waals surface area contributed by atoms with Crippen LogP contribution in [0.25, 0.3) is 0 Å². The van der Waals surface area contributed by atoms with Gasteiger partial charge in [0, 0.05) is 26.2 Å². The average Bonchev–Trinajstić information content (AvgIpc) is 3.09. The van der Waals surface area contributed by atoms with Crippen LogP contribution in [-0.4, -0.2) is 51.2 Å². The Kier molecular flexibility index (Phi) is 6.22. The summed E-state index contributed by atoms with van der Waals surface area (Å²) in [5.41, 5.74) is 0. The van der Waals surface area contributed by atoms with Crippen molar-refractivity contribution >= 4 is 15.8 Å². The number of hydrogen-bond donors (Lipinski definition) is 1. The Hall–Kier alpha value is -1.56. The molecule has 26 heavy (non-hydrogen) atoms. The van der Waals surface area contributed by atoms with E-state index in [9.17, 15) is 8.42 Å². The Labute approximate surface area is 157 Å². The molecule has 0 aromatic heterocycles. The van der Waals surface area contributed by atoms with E-state index < -0.39 is 9.84 Å². The number of guanidine groups is 1. The molecule has 0 radical (unpaired) electrons. The lowest BCUT2D eigenvalue weighted by molar-refractivity contribution is 0.299. The van der Waals surface area contributed by atoms with E-state index in [0.29, 0.717) is 4.90 Å². The van der Waals surface area contributed by atoms with E-state index in [2.05, 4.69) is 15.2 Å². The van der Waals surface area contributed by atoms with E-state index in [1.54, 1.807) is 31.3 Å². The van der Waals surface area contributed by atoms with Crippen LogP contribution in [0.5, 0.6) is 0 Å². The Balaban J connectivity index is 1.65. The Morgan fingerprint density at radius 1 is 1.19 bits per heavy atom. The first kappa shape index (κ1) is 19.2. The second kappa shape index (κ2) is 8.42. The first-order valence-electron chi connectivity index (χ1n) is 9.79. The molecular formula is C20H31N3O2S. The fourth-order valence-electron chi connectivity index (χ4n) is 4.31. The SMILES string of the molecule is CCC(CS(=O)(=O)c1ccccc1)NC(=NC)N1CC2CCCCC2C1. The molecule has 2 aliphatic rings. The fourth-order valence-corrected chi connectivity index (χ4v) is 5.92. The van der Waals surface area contributed by atoms with Gasteiger partial charge in [-0.15, -0.1) is 0 Å². The molecule has 0 bridgehead atoms. The number of hydrogen-bond acceptors (Lipinski definition) is 3. The second-order valence-electron chi connectivity index (χ2n) is 7.60. The molecule has 3 atom stereocenters. The van der Waals surface area contributed by atoms with Gasteiger partial charge in [-0.1, -0.05) is 38.0 Å². The van der Waals surface area contributed by atoms with E-state index in [4.69, 9.17) is 0 Å². The van der Waals surface area contributed by atoms with Gasteiger partial charge in [0.25, 0.3) is 0 Å². The summed E-state index contributed by atoms with van der Waals surface area (Å²) in [6, 6.07) is 8.58. The van der Waals surface area contributed by atoms with Crippen LogP contribution in [0.3, 0.4) is 0 Å². The highest BCUT2D eigenvalue weighted by atomic mass is 32.2. The van der Waals surface area contributed by atoms with Gasteiger partial charge in [-0.2, -0.15) is 0 Å². The lowest BCUT2D eigenvalue weighted by atomic mass is 9.82. The third-order valence-electron chi connectivity index (χ3n) is 5.84. The summed E-state index contributed by atoms with van der Waals surface area (Å²) in [6.07, 6.45) is 6.06. The lowest BCUT2D eigenvalue weighted by Gasteiger charge is -2.26. The van der Waals surface area contributed by atoms with Crippen LogP contribution in [0.1, 0.15) is 39.0 Å². The zero-order valence-corrected chi connectivity index (χ0v) is 16.7. The lowest BCUT2D eigenvalue weighted by Crippen LogP contribution is -2.47. The van der Waals surface area contributed by atoms with Crippen LogP contribution in [0, 0.1) is 11.8 Å². The van der Waals surface area contributed by atoms with Crippen LogP contribution in [0.4, 0.5) is 0 Å². The molecule has 5 nitrogen and oxygen atoms in total. The van der Waals surface area contributed by atoms with Gasteiger partial charge >= 0.3 is 0 Å². The third kappa shape index (κ3) is 4.40. The molecule has 1 aliphatic heterocycles. The quantitative estimate of drug-likeness (QED) is 0.633. The molecule has 1 saturated heterocycles. The van der Waals surface area contributed by atoms with Gasteiger partial charge in [0.15, 0.2) is 15.8 Å². The number of rotatable bonds is 5. The Bertz CT molecular complexity index is 704. The normalized spacial score (nSPS) is 25.0. The molecule has 1 saturated carbocycles. The number of benzene rings is 1. The van der Waals surface area contributed by atoms with Crippen molar-refractivity contribution in [3.05, 3.63) is 30.3 Å². The van der Waals surface area contributed by atoms with Crippen molar-refractivity contribution in [1.29, 1.82) is 0 Å². The molecule has 1 N–H and O–H groups in total. The monoisotopic (exact) mass is 377 g/mol. The van der Waals surface area contributed by atoms with Crippen molar-refractivity contribution in [2.75, 3.05) is 25.9 Å². The van der Waals surface area contributed by atoms with Crippen LogP contribution in [-0.2, 0) is 9.84 Å². The number of nitrogens with zero attached hydrogens (tertiary/aromatic N) is 2.